The minimum absolute atomic E-state index is 0.200. The highest BCUT2D eigenvalue weighted by Crippen LogP contribution is 2.40. The number of esters is 1. The molecule has 2 N–H and O–H groups in total. The number of hydrogen-bond donors (Lipinski definition) is 1. The number of fused-ring (bicyclic) bond motifs is 3. The molecule has 1 aliphatic carbocycles. The molecule has 6 nitrogen and oxygen atoms in total. The van der Waals surface area contributed by atoms with Gasteiger partial charge in [0.05, 0.1) is 12.8 Å². The molecular weight excluding hydrogens is 448 g/mol. The molecule has 1 saturated carbocycles. The summed E-state index contributed by atoms with van der Waals surface area (Å²) in [6.45, 7) is 0. The van der Waals surface area contributed by atoms with E-state index in [-0.39, 0.29) is 5.54 Å². The smallest absolute Gasteiger partial charge is 0.330 e. The van der Waals surface area contributed by atoms with Crippen molar-refractivity contribution in [1.29, 1.82) is 0 Å². The van der Waals surface area contributed by atoms with Crippen molar-refractivity contribution < 1.29 is 9.53 Å². The zero-order valence-electron chi connectivity index (χ0n) is 20.0. The molecule has 6 heteroatoms. The van der Waals surface area contributed by atoms with Crippen molar-refractivity contribution >= 4 is 28.6 Å². The second kappa shape index (κ2) is 8.73. The largest absolute Gasteiger partial charge is 0.466 e. The van der Waals surface area contributed by atoms with Crippen molar-refractivity contribution in [2.75, 3.05) is 7.11 Å². The highest BCUT2D eigenvalue weighted by molar-refractivity contribution is 6.00. The van der Waals surface area contributed by atoms with Crippen LogP contribution >= 0.6 is 0 Å². The van der Waals surface area contributed by atoms with Gasteiger partial charge >= 0.3 is 5.97 Å². The van der Waals surface area contributed by atoms with E-state index in [0.717, 1.165) is 57.3 Å². The molecule has 178 valence electrons. The minimum Gasteiger partial charge on any atom is -0.466 e. The molecule has 0 atom stereocenters. The average Bonchev–Trinajstić information content (AvgIpc) is 3.28. The molecule has 0 saturated heterocycles. The maximum atomic E-state index is 11.7. The number of carbonyl (C=O) groups excluding carboxylic acids is 1. The topological polar surface area (TPSA) is 82.5 Å². The van der Waals surface area contributed by atoms with E-state index in [4.69, 9.17) is 20.6 Å². The minimum atomic E-state index is -0.410. The van der Waals surface area contributed by atoms with Gasteiger partial charge in [0.15, 0.2) is 5.65 Å². The molecule has 3 aromatic carbocycles. The van der Waals surface area contributed by atoms with Crippen molar-refractivity contribution in [3.63, 3.8) is 0 Å². The van der Waals surface area contributed by atoms with E-state index in [9.17, 15) is 4.79 Å². The first-order valence-electron chi connectivity index (χ1n) is 12.1. The number of carbonyl (C=O) groups is 1. The molecule has 0 radical (unpaired) electrons. The maximum absolute atomic E-state index is 11.7. The number of aromatic nitrogens is 3. The molecule has 1 aliphatic rings. The molecule has 6 rings (SSSR count). The number of rotatable bonds is 5. The Morgan fingerprint density at radius 1 is 1.00 bits per heavy atom. The van der Waals surface area contributed by atoms with E-state index >= 15 is 0 Å². The summed E-state index contributed by atoms with van der Waals surface area (Å²) in [6, 6.07) is 24.6. The van der Waals surface area contributed by atoms with Crippen LogP contribution < -0.4 is 5.73 Å². The predicted octanol–water partition coefficient (Wildman–Crippen LogP) is 5.74. The lowest BCUT2D eigenvalue weighted by Crippen LogP contribution is -2.43. The van der Waals surface area contributed by atoms with Crippen LogP contribution in [0.3, 0.4) is 0 Å². The van der Waals surface area contributed by atoms with Gasteiger partial charge in [0, 0.05) is 39.9 Å². The standard InChI is InChI=1S/C30H26N4O2/c1-36-26(35)16-13-21-9-5-10-24-28(21)33-34-19-25(20-7-3-2-4-8-20)27(32-29(24)34)22-11-14-23(15-12-22)30(31)17-6-18-30/h2-5,7-16,19H,6,17-18,31H2,1H3. The zero-order chi connectivity index (χ0) is 24.7. The van der Waals surface area contributed by atoms with E-state index in [2.05, 4.69) is 36.4 Å². The lowest BCUT2D eigenvalue weighted by Gasteiger charge is -2.38. The molecule has 0 unspecified atom stereocenters. The fraction of sp³-hybridized carbons (Fsp3) is 0.167. The molecule has 2 heterocycles. The van der Waals surface area contributed by atoms with E-state index in [1.165, 1.54) is 25.2 Å². The van der Waals surface area contributed by atoms with Crippen LogP contribution in [-0.2, 0) is 15.1 Å². The maximum Gasteiger partial charge on any atom is 0.330 e. The summed E-state index contributed by atoms with van der Waals surface area (Å²) in [5.41, 5.74) is 13.8. The van der Waals surface area contributed by atoms with Gasteiger partial charge in [-0.1, -0.05) is 66.7 Å². The fourth-order valence-corrected chi connectivity index (χ4v) is 4.90. The van der Waals surface area contributed by atoms with Crippen molar-refractivity contribution in [2.45, 2.75) is 24.8 Å². The Hall–Kier alpha value is -4.29. The zero-order valence-corrected chi connectivity index (χ0v) is 20.0. The van der Waals surface area contributed by atoms with Crippen LogP contribution in [0.5, 0.6) is 0 Å². The summed E-state index contributed by atoms with van der Waals surface area (Å²) >= 11 is 0. The summed E-state index contributed by atoms with van der Waals surface area (Å²) in [5.74, 6) is -0.410. The van der Waals surface area contributed by atoms with Crippen LogP contribution in [-0.4, -0.2) is 27.7 Å². The summed E-state index contributed by atoms with van der Waals surface area (Å²) < 4.78 is 6.56. The Morgan fingerprint density at radius 2 is 1.78 bits per heavy atom. The number of benzene rings is 3. The number of methoxy groups -OCH3 is 1. The molecule has 2 aromatic heterocycles. The van der Waals surface area contributed by atoms with Crippen LogP contribution in [0.2, 0.25) is 0 Å². The van der Waals surface area contributed by atoms with E-state index < -0.39 is 5.97 Å². The second-order valence-electron chi connectivity index (χ2n) is 9.32. The first-order valence-corrected chi connectivity index (χ1v) is 12.1. The van der Waals surface area contributed by atoms with Gasteiger partial charge in [-0.25, -0.2) is 14.3 Å². The number of nitrogens with zero attached hydrogens (tertiary/aromatic N) is 3. The third-order valence-electron chi connectivity index (χ3n) is 7.12. The molecular formula is C30H26N4O2. The second-order valence-corrected chi connectivity index (χ2v) is 9.32. The van der Waals surface area contributed by atoms with Crippen LogP contribution in [0.25, 0.3) is 45.0 Å². The highest BCUT2D eigenvalue weighted by atomic mass is 16.5. The predicted molar refractivity (Wildman–Crippen MR) is 142 cm³/mol. The third kappa shape index (κ3) is 3.76. The van der Waals surface area contributed by atoms with Gasteiger partial charge in [0.1, 0.15) is 5.52 Å². The van der Waals surface area contributed by atoms with Gasteiger partial charge in [0.25, 0.3) is 0 Å². The van der Waals surface area contributed by atoms with Crippen molar-refractivity contribution in [2.24, 2.45) is 5.73 Å². The number of nitrogens with two attached hydrogens (primary N) is 1. The van der Waals surface area contributed by atoms with Gasteiger partial charge in [0.2, 0.25) is 0 Å². The molecule has 36 heavy (non-hydrogen) atoms. The van der Waals surface area contributed by atoms with Gasteiger partial charge in [-0.2, -0.15) is 5.10 Å². The fourth-order valence-electron chi connectivity index (χ4n) is 4.90. The summed E-state index contributed by atoms with van der Waals surface area (Å²) in [5, 5.41) is 5.75. The van der Waals surface area contributed by atoms with Crippen molar-refractivity contribution in [3.05, 3.63) is 96.2 Å². The average molecular weight is 475 g/mol. The summed E-state index contributed by atoms with van der Waals surface area (Å²) in [4.78, 5) is 16.8. The van der Waals surface area contributed by atoms with Gasteiger partial charge in [-0.3, -0.25) is 0 Å². The molecule has 1 fully saturated rings. The normalized spacial score (nSPS) is 14.8. The van der Waals surface area contributed by atoms with E-state index in [1.807, 2.05) is 47.1 Å². The molecule has 5 aromatic rings. The quantitative estimate of drug-likeness (QED) is 0.259. The Morgan fingerprint density at radius 3 is 2.47 bits per heavy atom. The van der Waals surface area contributed by atoms with Gasteiger partial charge in [-0.15, -0.1) is 0 Å². The lowest BCUT2D eigenvalue weighted by atomic mass is 9.72. The van der Waals surface area contributed by atoms with Crippen molar-refractivity contribution in [1.82, 2.24) is 14.6 Å². The highest BCUT2D eigenvalue weighted by Gasteiger charge is 2.34. The molecule has 0 bridgehead atoms. The Labute approximate surface area is 209 Å². The molecule has 0 spiro atoms. The summed E-state index contributed by atoms with van der Waals surface area (Å²) in [6.07, 6.45) is 8.40. The van der Waals surface area contributed by atoms with Crippen LogP contribution in [0.15, 0.2) is 85.1 Å². The monoisotopic (exact) mass is 474 g/mol. The van der Waals surface area contributed by atoms with Crippen molar-refractivity contribution in [3.8, 4) is 22.4 Å². The Kier molecular flexibility index (Phi) is 5.38. The van der Waals surface area contributed by atoms with E-state index in [1.54, 1.807) is 6.08 Å². The Bertz CT molecular complexity index is 1610. The molecule has 0 aliphatic heterocycles. The third-order valence-corrected chi connectivity index (χ3v) is 7.12. The Balaban J connectivity index is 1.54. The van der Waals surface area contributed by atoms with Crippen LogP contribution in [0, 0.1) is 0 Å². The van der Waals surface area contributed by atoms with E-state index in [0.29, 0.717) is 0 Å². The van der Waals surface area contributed by atoms with Gasteiger partial charge < -0.3 is 10.5 Å². The molecule has 0 amide bonds. The van der Waals surface area contributed by atoms with Crippen LogP contribution in [0.1, 0.15) is 30.4 Å². The first kappa shape index (κ1) is 22.2. The SMILES string of the molecule is COC(=O)C=Cc1cccc2c1nn1cc(-c3ccccc3)c(-c3ccc(C4(N)CCC4)cc3)nc21. The summed E-state index contributed by atoms with van der Waals surface area (Å²) in [7, 11) is 1.36. The van der Waals surface area contributed by atoms with Crippen LogP contribution in [0.4, 0.5) is 0 Å². The number of hydrogen-bond acceptors (Lipinski definition) is 5. The number of ether oxygens (including phenoxy) is 1. The lowest BCUT2D eigenvalue weighted by molar-refractivity contribution is -0.134. The first-order chi connectivity index (χ1) is 17.6. The van der Waals surface area contributed by atoms with Gasteiger partial charge in [-0.05, 0) is 42.5 Å².